The largest absolute Gasteiger partial charge is 0.336 e. The fraction of sp³-hybridized carbons (Fsp3) is 0.333. The first kappa shape index (κ1) is 8.75. The van der Waals surface area contributed by atoms with E-state index in [1.807, 2.05) is 11.5 Å². The molecule has 0 N–H and O–H groups in total. The van der Waals surface area contributed by atoms with E-state index in [-0.39, 0.29) is 5.37 Å². The van der Waals surface area contributed by atoms with E-state index in [4.69, 9.17) is 0 Å². The highest BCUT2D eigenvalue weighted by molar-refractivity contribution is 8.78. The van der Waals surface area contributed by atoms with E-state index in [1.54, 1.807) is 0 Å². The van der Waals surface area contributed by atoms with Crippen LogP contribution in [-0.2, 0) is 10.5 Å². The lowest BCUT2D eigenvalue weighted by Crippen LogP contribution is -1.82. The summed E-state index contributed by atoms with van der Waals surface area (Å²) in [5.41, 5.74) is 0. The van der Waals surface area contributed by atoms with Crippen molar-refractivity contribution >= 4 is 32.1 Å². The van der Waals surface area contributed by atoms with E-state index < -0.39 is 10.5 Å². The second-order valence-electron chi connectivity index (χ2n) is 1.42. The molecule has 0 aliphatic carbocycles. The summed E-state index contributed by atoms with van der Waals surface area (Å²) in [7, 11) is 0.515. The highest BCUT2D eigenvalue weighted by Crippen LogP contribution is 2.35. The zero-order chi connectivity index (χ0) is 8.10. The van der Waals surface area contributed by atoms with E-state index in [2.05, 4.69) is 14.8 Å². The predicted molar refractivity (Wildman–Crippen MR) is 44.3 cm³/mol. The molecule has 0 amide bonds. The molecule has 0 radical (unpaired) electrons. The van der Waals surface area contributed by atoms with E-state index in [0.717, 1.165) is 0 Å². The second-order valence-corrected chi connectivity index (χ2v) is 4.31. The van der Waals surface area contributed by atoms with E-state index in [1.165, 1.54) is 21.6 Å². The average molecular weight is 209 g/mol. The topological polar surface area (TPSA) is 71.2 Å². The van der Waals surface area contributed by atoms with Crippen molar-refractivity contribution in [3.8, 4) is 0 Å². The van der Waals surface area contributed by atoms with Gasteiger partial charge in [0.15, 0.2) is 0 Å². The van der Waals surface area contributed by atoms with Crippen LogP contribution in [0.15, 0.2) is 26.3 Å². The molecule has 5 nitrogen and oxygen atoms in total. The van der Waals surface area contributed by atoms with Crippen LogP contribution in [0, 0.1) is 0 Å². The van der Waals surface area contributed by atoms with Gasteiger partial charge >= 0.3 is 10.5 Å². The van der Waals surface area contributed by atoms with Gasteiger partial charge in [0.25, 0.3) is 0 Å². The van der Waals surface area contributed by atoms with Crippen LogP contribution in [0.5, 0.6) is 0 Å². The van der Waals surface area contributed by atoms with Crippen molar-refractivity contribution in [2.45, 2.75) is 5.37 Å². The minimum Gasteiger partial charge on any atom is -0.162 e. The van der Waals surface area contributed by atoms with Crippen LogP contribution in [0.4, 0.5) is 0 Å². The van der Waals surface area contributed by atoms with E-state index in [9.17, 15) is 8.42 Å². The fourth-order valence-electron chi connectivity index (χ4n) is 0.380. The fourth-order valence-corrected chi connectivity index (χ4v) is 2.23. The Morgan fingerprint density at radius 3 is 2.82 bits per heavy atom. The van der Waals surface area contributed by atoms with Gasteiger partial charge in [-0.1, -0.05) is 21.6 Å². The van der Waals surface area contributed by atoms with Crippen LogP contribution >= 0.6 is 21.6 Å². The summed E-state index contributed by atoms with van der Waals surface area (Å²) in [6.45, 7) is 0. The van der Waals surface area contributed by atoms with Gasteiger partial charge in [-0.3, -0.25) is 0 Å². The standard InChI is InChI=1S/C3H3N3O2S3/c7-11(8)6-5-4-3-1-2-9-10-3/h1-3H. The highest BCUT2D eigenvalue weighted by atomic mass is 33.1. The molecule has 1 unspecified atom stereocenters. The first-order valence-corrected chi connectivity index (χ1v) is 5.79. The molecule has 0 aromatic heterocycles. The monoisotopic (exact) mass is 209 g/mol. The van der Waals surface area contributed by atoms with Crippen molar-refractivity contribution in [1.29, 1.82) is 0 Å². The van der Waals surface area contributed by atoms with Gasteiger partial charge in [0.05, 0.1) is 0 Å². The molecule has 1 heterocycles. The van der Waals surface area contributed by atoms with Crippen LogP contribution in [0.1, 0.15) is 0 Å². The summed E-state index contributed by atoms with van der Waals surface area (Å²) in [6, 6.07) is 0. The van der Waals surface area contributed by atoms with Crippen LogP contribution in [-0.4, -0.2) is 13.8 Å². The SMILES string of the molecule is O=S(=O)=NN=NC1C=CSS1. The van der Waals surface area contributed by atoms with Gasteiger partial charge in [-0.15, -0.1) is 5.11 Å². The van der Waals surface area contributed by atoms with Gasteiger partial charge < -0.3 is 0 Å². The molecular formula is C3H3N3O2S3. The number of nitrogens with zero attached hydrogens (tertiary/aromatic N) is 3. The molecule has 1 rings (SSSR count). The highest BCUT2D eigenvalue weighted by Gasteiger charge is 2.07. The number of hydrogen-bond donors (Lipinski definition) is 0. The smallest absolute Gasteiger partial charge is 0.162 e. The molecule has 0 saturated carbocycles. The Balaban J connectivity index is 2.47. The zero-order valence-corrected chi connectivity index (χ0v) is 7.56. The molecule has 0 aromatic rings. The zero-order valence-electron chi connectivity index (χ0n) is 5.11. The molecule has 0 saturated heterocycles. The van der Waals surface area contributed by atoms with Crippen LogP contribution < -0.4 is 0 Å². The van der Waals surface area contributed by atoms with Crippen molar-refractivity contribution in [2.75, 3.05) is 0 Å². The molecular weight excluding hydrogens is 206 g/mol. The minimum absolute atomic E-state index is 0.104. The molecule has 1 aliphatic rings. The van der Waals surface area contributed by atoms with Crippen LogP contribution in [0.2, 0.25) is 0 Å². The van der Waals surface area contributed by atoms with Gasteiger partial charge in [0, 0.05) is 0 Å². The van der Waals surface area contributed by atoms with Crippen LogP contribution in [0.25, 0.3) is 0 Å². The Hall–Kier alpha value is -0.340. The maximum absolute atomic E-state index is 9.82. The summed E-state index contributed by atoms with van der Waals surface area (Å²) in [5, 5.41) is 8.45. The first-order valence-electron chi connectivity index (χ1n) is 2.48. The summed E-state index contributed by atoms with van der Waals surface area (Å²) in [6.07, 6.45) is 1.81. The Morgan fingerprint density at radius 2 is 2.27 bits per heavy atom. The average Bonchev–Trinajstić information content (AvgIpc) is 2.39. The summed E-state index contributed by atoms with van der Waals surface area (Å²) >= 11 is 0. The van der Waals surface area contributed by atoms with Crippen molar-refractivity contribution in [3.63, 3.8) is 0 Å². The van der Waals surface area contributed by atoms with Gasteiger partial charge in [-0.25, -0.2) is 0 Å². The maximum Gasteiger partial charge on any atom is 0.336 e. The first-order chi connectivity index (χ1) is 5.29. The maximum atomic E-state index is 9.82. The van der Waals surface area contributed by atoms with Gasteiger partial charge in [-0.2, -0.15) is 8.42 Å². The summed E-state index contributed by atoms with van der Waals surface area (Å²) in [5.74, 6) is 0. The lowest BCUT2D eigenvalue weighted by atomic mass is 10.6. The third-order valence-electron chi connectivity index (χ3n) is 0.722. The third kappa shape index (κ3) is 3.54. The lowest BCUT2D eigenvalue weighted by molar-refractivity contribution is 0.619. The molecule has 0 spiro atoms. The van der Waals surface area contributed by atoms with Crippen molar-refractivity contribution in [3.05, 3.63) is 11.5 Å². The van der Waals surface area contributed by atoms with Crippen molar-refractivity contribution in [1.82, 2.24) is 0 Å². The molecule has 60 valence electrons. The van der Waals surface area contributed by atoms with E-state index >= 15 is 0 Å². The molecule has 8 heteroatoms. The predicted octanol–water partition coefficient (Wildman–Crippen LogP) is 1.65. The molecule has 0 aromatic carbocycles. The number of rotatable bonds is 2. The third-order valence-corrected chi connectivity index (χ3v) is 3.01. The molecule has 11 heavy (non-hydrogen) atoms. The normalized spacial score (nSPS) is 22.7. The Labute approximate surface area is 72.4 Å². The molecule has 0 fully saturated rings. The van der Waals surface area contributed by atoms with Gasteiger partial charge in [-0.05, 0) is 21.2 Å². The Morgan fingerprint density at radius 1 is 1.45 bits per heavy atom. The Bertz CT molecular complexity index is 298. The Kier molecular flexibility index (Phi) is 3.60. The second kappa shape index (κ2) is 4.52. The van der Waals surface area contributed by atoms with E-state index in [0.29, 0.717) is 0 Å². The van der Waals surface area contributed by atoms with Gasteiger partial charge in [0.1, 0.15) is 5.37 Å². The minimum atomic E-state index is -2.49. The quantitative estimate of drug-likeness (QED) is 0.394. The lowest BCUT2D eigenvalue weighted by Gasteiger charge is -1.90. The summed E-state index contributed by atoms with van der Waals surface area (Å²) < 4.78 is 22.5. The molecule has 0 bridgehead atoms. The van der Waals surface area contributed by atoms with Crippen LogP contribution in [0.3, 0.4) is 0 Å². The molecule has 1 aliphatic heterocycles. The van der Waals surface area contributed by atoms with Gasteiger partial charge in [0.2, 0.25) is 0 Å². The number of hydrogen-bond acceptors (Lipinski definition) is 5. The molecule has 1 atom stereocenters. The van der Waals surface area contributed by atoms with Crippen molar-refractivity contribution in [2.24, 2.45) is 14.8 Å². The van der Waals surface area contributed by atoms with Crippen molar-refractivity contribution < 1.29 is 8.42 Å². The summed E-state index contributed by atoms with van der Waals surface area (Å²) in [4.78, 5) is 0.